The number of aliphatic hydroxyl groups excluding tert-OH is 1. The summed E-state index contributed by atoms with van der Waals surface area (Å²) >= 11 is 16.6. The van der Waals surface area contributed by atoms with Crippen LogP contribution in [0.3, 0.4) is 0 Å². The monoisotopic (exact) mass is 445 g/mol. The van der Waals surface area contributed by atoms with Gasteiger partial charge in [-0.25, -0.2) is 0 Å². The van der Waals surface area contributed by atoms with Crippen LogP contribution in [0.2, 0.25) is 0 Å². The number of ether oxygens (including phenoxy) is 2. The average molecular weight is 447 g/mol. The van der Waals surface area contributed by atoms with Gasteiger partial charge < -0.3 is 14.6 Å². The molecule has 7 nitrogen and oxygen atoms in total. The summed E-state index contributed by atoms with van der Waals surface area (Å²) in [4.78, 5) is 0. The quantitative estimate of drug-likeness (QED) is 0.312. The van der Waals surface area contributed by atoms with Gasteiger partial charge in [-0.3, -0.25) is 9.59 Å². The Hall–Kier alpha value is -0.610. The van der Waals surface area contributed by atoms with E-state index in [1.54, 1.807) is 30.3 Å². The molecule has 1 aromatic rings. The van der Waals surface area contributed by atoms with Crippen molar-refractivity contribution in [3.8, 4) is 0 Å². The Labute approximate surface area is 166 Å². The van der Waals surface area contributed by atoms with E-state index < -0.39 is 44.4 Å². The summed E-state index contributed by atoms with van der Waals surface area (Å²) in [6.45, 7) is 1.51. The lowest BCUT2D eigenvalue weighted by Gasteiger charge is -2.37. The Morgan fingerprint density at radius 1 is 1.35 bits per heavy atom. The van der Waals surface area contributed by atoms with Crippen molar-refractivity contribution < 1.29 is 27.2 Å². The number of nitrogens with one attached hydrogen (secondary N) is 1. The minimum atomic E-state index is -3.95. The van der Waals surface area contributed by atoms with Crippen LogP contribution in [0.4, 0.5) is 0 Å². The van der Waals surface area contributed by atoms with E-state index >= 15 is 0 Å². The molecule has 0 aromatic heterocycles. The van der Waals surface area contributed by atoms with E-state index in [2.05, 4.69) is 0 Å². The van der Waals surface area contributed by atoms with Crippen LogP contribution < -0.4 is 0 Å². The van der Waals surface area contributed by atoms with Crippen molar-refractivity contribution in [2.24, 2.45) is 0 Å². The van der Waals surface area contributed by atoms with Gasteiger partial charge in [-0.05, 0) is 12.5 Å². The second-order valence-corrected chi connectivity index (χ2v) is 9.64. The van der Waals surface area contributed by atoms with E-state index in [0.29, 0.717) is 5.56 Å². The lowest BCUT2D eigenvalue weighted by Crippen LogP contribution is -2.50. The molecular weight excluding hydrogens is 429 g/mol. The van der Waals surface area contributed by atoms with Crippen molar-refractivity contribution in [3.05, 3.63) is 35.9 Å². The summed E-state index contributed by atoms with van der Waals surface area (Å²) < 4.78 is 38.1. The second-order valence-electron chi connectivity index (χ2n) is 5.77. The third-order valence-electron chi connectivity index (χ3n) is 3.59. The fraction of sp³-hybridized carbons (Fsp3) is 0.533. The molecule has 1 aromatic carbocycles. The molecule has 1 unspecified atom stereocenters. The molecule has 2 rings (SSSR count). The molecular formula is C15H18Cl3NO6S. The zero-order chi connectivity index (χ0) is 19.5. The van der Waals surface area contributed by atoms with Gasteiger partial charge in [0.05, 0.1) is 12.2 Å². The molecule has 1 fully saturated rings. The van der Waals surface area contributed by atoms with E-state index in [0.717, 1.165) is 0 Å². The number of aliphatic hydroxyl groups is 1. The average Bonchev–Trinajstić information content (AvgIpc) is 2.50. The van der Waals surface area contributed by atoms with Crippen LogP contribution in [-0.4, -0.2) is 47.8 Å². The molecule has 1 aliphatic rings. The van der Waals surface area contributed by atoms with E-state index in [9.17, 15) is 13.5 Å². The summed E-state index contributed by atoms with van der Waals surface area (Å²) in [5.74, 6) is -0.996. The molecule has 1 saturated heterocycles. The fourth-order valence-electron chi connectivity index (χ4n) is 2.41. The Balaban J connectivity index is 1.98. The van der Waals surface area contributed by atoms with Gasteiger partial charge in [-0.15, -0.1) is 0 Å². The predicted molar refractivity (Wildman–Crippen MR) is 98.0 cm³/mol. The summed E-state index contributed by atoms with van der Waals surface area (Å²) in [6, 6.07) is 8.52. The van der Waals surface area contributed by atoms with Gasteiger partial charge in [0.2, 0.25) is 12.2 Å². The first-order chi connectivity index (χ1) is 12.0. The topological polar surface area (TPSA) is 106 Å². The zero-order valence-corrected chi connectivity index (χ0v) is 16.7. The van der Waals surface area contributed by atoms with Gasteiger partial charge in [0.1, 0.15) is 11.9 Å². The minimum Gasteiger partial charge on any atom is -0.448 e. The molecule has 1 aliphatic heterocycles. The molecule has 0 bridgehead atoms. The van der Waals surface area contributed by atoms with Crippen molar-refractivity contribution in [2.45, 2.75) is 47.5 Å². The van der Waals surface area contributed by atoms with Gasteiger partial charge in [-0.2, -0.15) is 8.42 Å². The summed E-state index contributed by atoms with van der Waals surface area (Å²) in [5, 5.41) is 17.8. The smallest absolute Gasteiger partial charge is 0.271 e. The maximum Gasteiger partial charge on any atom is 0.271 e. The minimum absolute atomic E-state index is 0.154. The van der Waals surface area contributed by atoms with Crippen molar-refractivity contribution in [1.82, 2.24) is 0 Å². The van der Waals surface area contributed by atoms with Gasteiger partial charge in [0, 0.05) is 6.42 Å². The van der Waals surface area contributed by atoms with Crippen molar-refractivity contribution >= 4 is 50.8 Å². The SMILES string of the molecule is C[C@H]1OC(OC(=N)C(Cl)(Cl)Cl)C[C@@H](O)[C@H]1OS(=O)(=O)Cc1ccccc1. The van der Waals surface area contributed by atoms with Gasteiger partial charge in [-0.1, -0.05) is 65.1 Å². The first kappa shape index (κ1) is 21.7. The number of hydrogen-bond donors (Lipinski definition) is 2. The summed E-state index contributed by atoms with van der Waals surface area (Å²) in [5.41, 5.74) is 0.559. The zero-order valence-electron chi connectivity index (χ0n) is 13.6. The largest absolute Gasteiger partial charge is 0.448 e. The third-order valence-corrected chi connectivity index (χ3v) is 5.31. The number of alkyl halides is 3. The molecule has 0 spiro atoms. The Morgan fingerprint density at radius 3 is 2.50 bits per heavy atom. The first-order valence-electron chi connectivity index (χ1n) is 7.59. The van der Waals surface area contributed by atoms with Crippen LogP contribution in [0.5, 0.6) is 0 Å². The second kappa shape index (κ2) is 8.60. The molecule has 0 saturated carbocycles. The highest BCUT2D eigenvalue weighted by atomic mass is 35.6. The van der Waals surface area contributed by atoms with Crippen LogP contribution in [0, 0.1) is 5.41 Å². The summed E-state index contributed by atoms with van der Waals surface area (Å²) in [7, 11) is -3.95. The maximum absolute atomic E-state index is 12.2. The highest BCUT2D eigenvalue weighted by Gasteiger charge is 2.42. The number of halogens is 3. The Kier molecular flexibility index (Phi) is 7.17. The van der Waals surface area contributed by atoms with Crippen LogP contribution in [-0.2, 0) is 29.5 Å². The van der Waals surface area contributed by atoms with Crippen LogP contribution in [0.1, 0.15) is 18.9 Å². The van der Waals surface area contributed by atoms with Crippen LogP contribution in [0.15, 0.2) is 30.3 Å². The van der Waals surface area contributed by atoms with Gasteiger partial charge in [0.25, 0.3) is 13.9 Å². The molecule has 0 amide bonds. The maximum atomic E-state index is 12.2. The molecule has 11 heteroatoms. The normalized spacial score (nSPS) is 27.1. The van der Waals surface area contributed by atoms with Crippen molar-refractivity contribution in [3.63, 3.8) is 0 Å². The Bertz CT molecular complexity index is 713. The highest BCUT2D eigenvalue weighted by molar-refractivity contribution is 7.85. The molecule has 146 valence electrons. The van der Waals surface area contributed by atoms with Crippen molar-refractivity contribution in [2.75, 3.05) is 0 Å². The van der Waals surface area contributed by atoms with Gasteiger partial charge >= 0.3 is 0 Å². The fourth-order valence-corrected chi connectivity index (χ4v) is 3.84. The molecule has 1 heterocycles. The first-order valence-corrected chi connectivity index (χ1v) is 10.3. The number of hydrogen-bond acceptors (Lipinski definition) is 7. The lowest BCUT2D eigenvalue weighted by atomic mass is 10.0. The van der Waals surface area contributed by atoms with E-state index in [1.807, 2.05) is 0 Å². The molecule has 0 aliphatic carbocycles. The predicted octanol–water partition coefficient (Wildman–Crippen LogP) is 2.76. The molecule has 0 radical (unpaired) electrons. The van der Waals surface area contributed by atoms with E-state index in [1.165, 1.54) is 6.92 Å². The van der Waals surface area contributed by atoms with Crippen LogP contribution >= 0.6 is 34.8 Å². The Morgan fingerprint density at radius 2 is 1.96 bits per heavy atom. The van der Waals surface area contributed by atoms with Gasteiger partial charge in [0.15, 0.2) is 0 Å². The lowest BCUT2D eigenvalue weighted by molar-refractivity contribution is -0.214. The molecule has 2 N–H and O–H groups in total. The van der Waals surface area contributed by atoms with Crippen molar-refractivity contribution in [1.29, 1.82) is 5.41 Å². The van der Waals surface area contributed by atoms with Crippen LogP contribution in [0.25, 0.3) is 0 Å². The highest BCUT2D eigenvalue weighted by Crippen LogP contribution is 2.31. The number of benzene rings is 1. The number of rotatable bonds is 5. The van der Waals surface area contributed by atoms with E-state index in [-0.39, 0.29) is 12.2 Å². The summed E-state index contributed by atoms with van der Waals surface area (Å²) in [6.07, 6.45) is -4.39. The molecule has 4 atom stereocenters. The molecule has 26 heavy (non-hydrogen) atoms. The third kappa shape index (κ3) is 6.23. The standard InChI is InChI=1S/C15H18Cl3NO6S/c1-9-13(25-26(21,22)8-10-5-3-2-4-6-10)11(20)7-12(23-9)24-14(19)15(16,17)18/h2-6,9,11-13,19-20H,7-8H2,1H3/t9-,11-,12?,13+/m1/s1. The van der Waals surface area contributed by atoms with E-state index in [4.69, 9.17) is 53.9 Å².